The van der Waals surface area contributed by atoms with Gasteiger partial charge < -0.3 is 10.6 Å². The minimum absolute atomic E-state index is 0.0590. The van der Waals surface area contributed by atoms with E-state index in [4.69, 9.17) is 0 Å². The topological polar surface area (TPSA) is 41.1 Å². The Morgan fingerprint density at radius 2 is 1.89 bits per heavy atom. The van der Waals surface area contributed by atoms with Crippen LogP contribution in [0.2, 0.25) is 0 Å². The molecule has 0 spiro atoms. The Morgan fingerprint density at radius 3 is 2.44 bits per heavy atom. The van der Waals surface area contributed by atoms with Crippen LogP contribution >= 0.6 is 0 Å². The number of rotatable bonds is 6. The predicted octanol–water partition coefficient (Wildman–Crippen LogP) is 3.02. The molecule has 2 N–H and O–H groups in total. The van der Waals surface area contributed by atoms with Crippen molar-refractivity contribution in [3.63, 3.8) is 0 Å². The highest BCUT2D eigenvalue weighted by atomic mass is 16.1. The molecule has 0 atom stereocenters. The largest absolute Gasteiger partial charge is 0.376 e. The number of benzene rings is 1. The van der Waals surface area contributed by atoms with Gasteiger partial charge in [-0.15, -0.1) is 0 Å². The van der Waals surface area contributed by atoms with Crippen LogP contribution in [-0.2, 0) is 4.79 Å². The average Bonchev–Trinajstić information content (AvgIpc) is 2.35. The van der Waals surface area contributed by atoms with E-state index < -0.39 is 0 Å². The highest BCUT2D eigenvalue weighted by molar-refractivity contribution is 5.81. The van der Waals surface area contributed by atoms with Crippen LogP contribution in [0.5, 0.6) is 0 Å². The second kappa shape index (κ2) is 7.04. The molecule has 0 aliphatic carbocycles. The van der Waals surface area contributed by atoms with Crippen LogP contribution in [0.4, 0.5) is 5.69 Å². The molecule has 18 heavy (non-hydrogen) atoms. The van der Waals surface area contributed by atoms with E-state index in [0.29, 0.717) is 12.6 Å². The van der Waals surface area contributed by atoms with Gasteiger partial charge in [0.15, 0.2) is 0 Å². The fourth-order valence-corrected chi connectivity index (χ4v) is 1.96. The van der Waals surface area contributed by atoms with Crippen molar-refractivity contribution in [1.29, 1.82) is 0 Å². The van der Waals surface area contributed by atoms with Crippen molar-refractivity contribution in [3.05, 3.63) is 29.3 Å². The van der Waals surface area contributed by atoms with Crippen LogP contribution in [0, 0.1) is 13.8 Å². The third-order valence-corrected chi connectivity index (χ3v) is 3.17. The highest BCUT2D eigenvalue weighted by Gasteiger charge is 2.08. The molecule has 3 nitrogen and oxygen atoms in total. The Balaban J connectivity index is 2.47. The Kier molecular flexibility index (Phi) is 5.69. The van der Waals surface area contributed by atoms with Crippen LogP contribution < -0.4 is 10.6 Å². The number of hydrogen-bond donors (Lipinski definition) is 2. The van der Waals surface area contributed by atoms with Gasteiger partial charge in [-0.3, -0.25) is 4.79 Å². The number of hydrogen-bond acceptors (Lipinski definition) is 2. The molecule has 3 heteroatoms. The van der Waals surface area contributed by atoms with Gasteiger partial charge in [0.05, 0.1) is 6.54 Å². The Hall–Kier alpha value is -1.51. The molecule has 1 rings (SSSR count). The van der Waals surface area contributed by atoms with E-state index in [9.17, 15) is 4.79 Å². The summed E-state index contributed by atoms with van der Waals surface area (Å²) in [5, 5.41) is 6.20. The molecule has 0 unspecified atom stereocenters. The molecule has 1 amide bonds. The third kappa shape index (κ3) is 4.40. The number of aryl methyl sites for hydroxylation is 2. The van der Waals surface area contributed by atoms with E-state index in [1.165, 1.54) is 11.1 Å². The molecular weight excluding hydrogens is 224 g/mol. The first kappa shape index (κ1) is 14.6. The summed E-state index contributed by atoms with van der Waals surface area (Å²) >= 11 is 0. The number of amides is 1. The summed E-state index contributed by atoms with van der Waals surface area (Å²) in [6.07, 6.45) is 1.96. The van der Waals surface area contributed by atoms with E-state index >= 15 is 0 Å². The summed E-state index contributed by atoms with van der Waals surface area (Å²) in [5.41, 5.74) is 3.44. The normalized spacial score (nSPS) is 10.5. The fourth-order valence-electron chi connectivity index (χ4n) is 1.96. The van der Waals surface area contributed by atoms with Crippen molar-refractivity contribution in [2.75, 3.05) is 11.9 Å². The maximum absolute atomic E-state index is 11.7. The van der Waals surface area contributed by atoms with Crippen molar-refractivity contribution in [1.82, 2.24) is 5.32 Å². The maximum atomic E-state index is 11.7. The maximum Gasteiger partial charge on any atom is 0.239 e. The van der Waals surface area contributed by atoms with E-state index in [1.807, 2.05) is 19.1 Å². The first-order valence-corrected chi connectivity index (χ1v) is 6.67. The minimum atomic E-state index is 0.0590. The molecule has 1 aromatic rings. The molecule has 0 radical (unpaired) electrons. The second-order valence-electron chi connectivity index (χ2n) is 4.75. The summed E-state index contributed by atoms with van der Waals surface area (Å²) in [7, 11) is 0. The van der Waals surface area contributed by atoms with Gasteiger partial charge >= 0.3 is 0 Å². The summed E-state index contributed by atoms with van der Waals surface area (Å²) in [6.45, 7) is 8.63. The molecular formula is C15H24N2O. The first-order chi connectivity index (χ1) is 8.56. The van der Waals surface area contributed by atoms with Crippen molar-refractivity contribution in [2.45, 2.75) is 46.6 Å². The van der Waals surface area contributed by atoms with Crippen LogP contribution in [0.1, 0.15) is 37.8 Å². The van der Waals surface area contributed by atoms with E-state index in [-0.39, 0.29) is 5.91 Å². The zero-order chi connectivity index (χ0) is 13.5. The molecule has 0 fully saturated rings. The lowest BCUT2D eigenvalue weighted by molar-refractivity contribution is -0.120. The Labute approximate surface area is 110 Å². The van der Waals surface area contributed by atoms with E-state index in [0.717, 1.165) is 18.5 Å². The average molecular weight is 248 g/mol. The van der Waals surface area contributed by atoms with Gasteiger partial charge in [-0.1, -0.05) is 31.5 Å². The van der Waals surface area contributed by atoms with E-state index in [2.05, 4.69) is 37.5 Å². The number of nitrogens with one attached hydrogen (secondary N) is 2. The van der Waals surface area contributed by atoms with Gasteiger partial charge in [-0.2, -0.15) is 0 Å². The van der Waals surface area contributed by atoms with Gasteiger partial charge in [0.2, 0.25) is 5.91 Å². The Morgan fingerprint density at radius 1 is 1.22 bits per heavy atom. The van der Waals surface area contributed by atoms with Gasteiger partial charge in [-0.05, 0) is 38.3 Å². The molecule has 0 aliphatic heterocycles. The van der Waals surface area contributed by atoms with Gasteiger partial charge in [0, 0.05) is 11.7 Å². The third-order valence-electron chi connectivity index (χ3n) is 3.17. The molecule has 0 heterocycles. The standard InChI is InChI=1S/C15H24N2O/c1-5-13(6-2)17-15(18)10-16-14-8-7-11(3)9-12(14)4/h7-9,13,16H,5-6,10H2,1-4H3,(H,17,18). The highest BCUT2D eigenvalue weighted by Crippen LogP contribution is 2.15. The quantitative estimate of drug-likeness (QED) is 0.812. The molecule has 0 aromatic heterocycles. The zero-order valence-corrected chi connectivity index (χ0v) is 11.8. The van der Waals surface area contributed by atoms with Crippen molar-refractivity contribution < 1.29 is 4.79 Å². The lowest BCUT2D eigenvalue weighted by atomic mass is 10.1. The zero-order valence-electron chi connectivity index (χ0n) is 11.8. The van der Waals surface area contributed by atoms with Crippen molar-refractivity contribution >= 4 is 11.6 Å². The monoisotopic (exact) mass is 248 g/mol. The Bertz CT molecular complexity index is 397. The smallest absolute Gasteiger partial charge is 0.239 e. The van der Waals surface area contributed by atoms with E-state index in [1.54, 1.807) is 0 Å². The number of anilines is 1. The van der Waals surface area contributed by atoms with Crippen molar-refractivity contribution in [2.24, 2.45) is 0 Å². The fraction of sp³-hybridized carbons (Fsp3) is 0.533. The summed E-state index contributed by atoms with van der Waals surface area (Å²) in [4.78, 5) is 11.7. The van der Waals surface area contributed by atoms with Crippen molar-refractivity contribution in [3.8, 4) is 0 Å². The van der Waals surface area contributed by atoms with Crippen LogP contribution in [0.25, 0.3) is 0 Å². The minimum Gasteiger partial charge on any atom is -0.376 e. The van der Waals surface area contributed by atoms with Crippen LogP contribution in [-0.4, -0.2) is 18.5 Å². The molecule has 1 aromatic carbocycles. The second-order valence-corrected chi connectivity index (χ2v) is 4.75. The van der Waals surface area contributed by atoms with Gasteiger partial charge in [0.25, 0.3) is 0 Å². The van der Waals surface area contributed by atoms with Crippen LogP contribution in [0.15, 0.2) is 18.2 Å². The molecule has 0 aliphatic rings. The first-order valence-electron chi connectivity index (χ1n) is 6.67. The molecule has 0 saturated heterocycles. The molecule has 100 valence electrons. The van der Waals surface area contributed by atoms with Gasteiger partial charge in [0.1, 0.15) is 0 Å². The summed E-state index contributed by atoms with van der Waals surface area (Å²) < 4.78 is 0. The van der Waals surface area contributed by atoms with Gasteiger partial charge in [-0.25, -0.2) is 0 Å². The summed E-state index contributed by atoms with van der Waals surface area (Å²) in [6, 6.07) is 6.48. The molecule has 0 bridgehead atoms. The number of carbonyl (C=O) groups is 1. The molecule has 0 saturated carbocycles. The lowest BCUT2D eigenvalue weighted by Crippen LogP contribution is -2.37. The summed E-state index contributed by atoms with van der Waals surface area (Å²) in [5.74, 6) is 0.0590. The SMILES string of the molecule is CCC(CC)NC(=O)CNc1ccc(C)cc1C. The van der Waals surface area contributed by atoms with Crippen LogP contribution in [0.3, 0.4) is 0 Å². The lowest BCUT2D eigenvalue weighted by Gasteiger charge is -2.16. The predicted molar refractivity (Wildman–Crippen MR) is 76.9 cm³/mol. The number of carbonyl (C=O) groups excluding carboxylic acids is 1.